The average molecular weight is 186 g/mol. The molecule has 2 atom stereocenters. The maximum Gasteiger partial charge on any atom is 0.304 e. The zero-order valence-corrected chi connectivity index (χ0v) is 7.91. The Morgan fingerprint density at radius 2 is 2.38 bits per heavy atom. The average Bonchev–Trinajstić information content (AvgIpc) is 2.07. The molecule has 1 rings (SSSR count). The van der Waals surface area contributed by atoms with Crippen molar-refractivity contribution in [1.82, 2.24) is 0 Å². The minimum absolute atomic E-state index is 0.0187. The van der Waals surface area contributed by atoms with Crippen LogP contribution >= 0.6 is 0 Å². The molecule has 1 aliphatic rings. The van der Waals surface area contributed by atoms with Crippen LogP contribution in [0.4, 0.5) is 0 Å². The molecule has 0 N–H and O–H groups in total. The molecule has 0 saturated carbocycles. The molecular weight excluding hydrogens is 172 g/mol. The summed E-state index contributed by atoms with van der Waals surface area (Å²) in [6.07, 6.45) is 0.707. The molecule has 0 bridgehead atoms. The molecule has 1 saturated heterocycles. The maximum atomic E-state index is 11.0. The van der Waals surface area contributed by atoms with Crippen LogP contribution in [0.2, 0.25) is 0 Å². The summed E-state index contributed by atoms with van der Waals surface area (Å²) in [4.78, 5) is 21.7. The van der Waals surface area contributed by atoms with Gasteiger partial charge in [-0.3, -0.25) is 9.59 Å². The predicted molar refractivity (Wildman–Crippen MR) is 44.9 cm³/mol. The minimum Gasteiger partial charge on any atom is -0.436 e. The van der Waals surface area contributed by atoms with Gasteiger partial charge in [-0.25, -0.2) is 0 Å². The number of ether oxygens (including phenoxy) is 2. The summed E-state index contributed by atoms with van der Waals surface area (Å²) in [5, 5.41) is 0. The molecule has 4 heteroatoms. The molecule has 1 fully saturated rings. The molecule has 1 aliphatic heterocycles. The number of Topliss-reactive ketones (excluding diaryl/α,β-unsaturated/α-hetero) is 1. The van der Waals surface area contributed by atoms with Crippen LogP contribution in [0.25, 0.3) is 0 Å². The number of hydrogen-bond donors (Lipinski definition) is 0. The normalized spacial score (nSPS) is 28.6. The second-order valence-electron chi connectivity index (χ2n) is 3.20. The van der Waals surface area contributed by atoms with E-state index in [1.165, 1.54) is 6.92 Å². The van der Waals surface area contributed by atoms with Crippen LogP contribution in [0.1, 0.15) is 26.7 Å². The molecule has 0 spiro atoms. The summed E-state index contributed by atoms with van der Waals surface area (Å²) in [6.45, 7) is 3.35. The Hall–Kier alpha value is -0.900. The van der Waals surface area contributed by atoms with Crippen molar-refractivity contribution in [1.29, 1.82) is 0 Å². The Kier molecular flexibility index (Phi) is 3.42. The molecule has 0 aromatic heterocycles. The Morgan fingerprint density at radius 1 is 1.69 bits per heavy atom. The Labute approximate surface area is 77.2 Å². The van der Waals surface area contributed by atoms with E-state index in [0.717, 1.165) is 6.42 Å². The smallest absolute Gasteiger partial charge is 0.304 e. The highest BCUT2D eigenvalue weighted by Crippen LogP contribution is 2.22. The zero-order chi connectivity index (χ0) is 9.84. The van der Waals surface area contributed by atoms with Gasteiger partial charge >= 0.3 is 5.97 Å². The van der Waals surface area contributed by atoms with Gasteiger partial charge in [0.2, 0.25) is 6.29 Å². The molecule has 2 unspecified atom stereocenters. The highest BCUT2D eigenvalue weighted by Gasteiger charge is 2.30. The first-order chi connectivity index (χ1) is 6.13. The molecule has 1 heterocycles. The van der Waals surface area contributed by atoms with Gasteiger partial charge < -0.3 is 9.47 Å². The van der Waals surface area contributed by atoms with Crippen molar-refractivity contribution in [3.63, 3.8) is 0 Å². The fourth-order valence-corrected chi connectivity index (χ4v) is 1.39. The molecule has 0 aromatic carbocycles. The highest BCUT2D eigenvalue weighted by molar-refractivity contribution is 5.80. The van der Waals surface area contributed by atoms with E-state index in [9.17, 15) is 9.59 Å². The van der Waals surface area contributed by atoms with Crippen LogP contribution in [0.5, 0.6) is 0 Å². The minimum atomic E-state index is -0.528. The lowest BCUT2D eigenvalue weighted by atomic mass is 9.97. The van der Waals surface area contributed by atoms with Gasteiger partial charge in [0.15, 0.2) is 5.78 Å². The van der Waals surface area contributed by atoms with Crippen molar-refractivity contribution >= 4 is 11.8 Å². The maximum absolute atomic E-state index is 11.0. The summed E-state index contributed by atoms with van der Waals surface area (Å²) in [5.74, 6) is -0.266. The van der Waals surface area contributed by atoms with E-state index >= 15 is 0 Å². The number of ketones is 1. The third-order valence-corrected chi connectivity index (χ3v) is 2.09. The third kappa shape index (κ3) is 2.81. The predicted octanol–water partition coefficient (Wildman–Crippen LogP) is 0.891. The summed E-state index contributed by atoms with van der Waals surface area (Å²) >= 11 is 0. The lowest BCUT2D eigenvalue weighted by Crippen LogP contribution is -2.37. The van der Waals surface area contributed by atoms with Crippen molar-refractivity contribution in [2.45, 2.75) is 33.0 Å². The van der Waals surface area contributed by atoms with E-state index < -0.39 is 6.29 Å². The molecule has 4 nitrogen and oxygen atoms in total. The molecule has 74 valence electrons. The fourth-order valence-electron chi connectivity index (χ4n) is 1.39. The van der Waals surface area contributed by atoms with Crippen LogP contribution in [-0.4, -0.2) is 24.6 Å². The first kappa shape index (κ1) is 10.2. The number of hydrogen-bond acceptors (Lipinski definition) is 4. The van der Waals surface area contributed by atoms with Gasteiger partial charge in [0, 0.05) is 19.3 Å². The second kappa shape index (κ2) is 4.37. The number of esters is 1. The monoisotopic (exact) mass is 186 g/mol. The first-order valence-electron chi connectivity index (χ1n) is 4.44. The zero-order valence-electron chi connectivity index (χ0n) is 7.91. The van der Waals surface area contributed by atoms with E-state index in [-0.39, 0.29) is 24.3 Å². The van der Waals surface area contributed by atoms with Crippen molar-refractivity contribution < 1.29 is 19.1 Å². The van der Waals surface area contributed by atoms with Gasteiger partial charge in [-0.05, 0) is 6.42 Å². The quantitative estimate of drug-likeness (QED) is 0.601. The van der Waals surface area contributed by atoms with Crippen LogP contribution in [-0.2, 0) is 19.1 Å². The van der Waals surface area contributed by atoms with Crippen LogP contribution in [0.15, 0.2) is 0 Å². The van der Waals surface area contributed by atoms with Gasteiger partial charge in [-0.1, -0.05) is 6.92 Å². The summed E-state index contributed by atoms with van der Waals surface area (Å²) in [5.41, 5.74) is 0. The fraction of sp³-hybridized carbons (Fsp3) is 0.778. The molecule has 0 aliphatic carbocycles. The van der Waals surface area contributed by atoms with E-state index in [0.29, 0.717) is 6.42 Å². The van der Waals surface area contributed by atoms with Gasteiger partial charge in [0.05, 0.1) is 0 Å². The van der Waals surface area contributed by atoms with Crippen LogP contribution < -0.4 is 0 Å². The van der Waals surface area contributed by atoms with Gasteiger partial charge in [-0.2, -0.15) is 0 Å². The summed E-state index contributed by atoms with van der Waals surface area (Å²) in [6, 6.07) is 0. The van der Waals surface area contributed by atoms with Crippen LogP contribution in [0.3, 0.4) is 0 Å². The number of carbonyl (C=O) groups is 2. The Morgan fingerprint density at radius 3 is 2.92 bits per heavy atom. The second-order valence-corrected chi connectivity index (χ2v) is 3.20. The molecule has 0 aromatic rings. The molecule has 0 radical (unpaired) electrons. The van der Waals surface area contributed by atoms with Crippen LogP contribution in [0, 0.1) is 5.92 Å². The van der Waals surface area contributed by atoms with Gasteiger partial charge in [-0.15, -0.1) is 0 Å². The summed E-state index contributed by atoms with van der Waals surface area (Å²) < 4.78 is 10.0. The third-order valence-electron chi connectivity index (χ3n) is 2.09. The van der Waals surface area contributed by atoms with Crippen molar-refractivity contribution in [3.05, 3.63) is 0 Å². The SMILES string of the molecule is CCC1CC(=O)COC1OC(C)=O. The topological polar surface area (TPSA) is 52.6 Å². The van der Waals surface area contributed by atoms with E-state index in [2.05, 4.69) is 0 Å². The Balaban J connectivity index is 2.52. The van der Waals surface area contributed by atoms with Crippen molar-refractivity contribution in [2.75, 3.05) is 6.61 Å². The lowest BCUT2D eigenvalue weighted by molar-refractivity contribution is -0.201. The molecule has 0 amide bonds. The van der Waals surface area contributed by atoms with Gasteiger partial charge in [0.1, 0.15) is 6.61 Å². The lowest BCUT2D eigenvalue weighted by Gasteiger charge is -2.29. The largest absolute Gasteiger partial charge is 0.436 e. The van der Waals surface area contributed by atoms with Crippen molar-refractivity contribution in [3.8, 4) is 0 Å². The number of rotatable bonds is 2. The first-order valence-corrected chi connectivity index (χ1v) is 4.44. The Bertz CT molecular complexity index is 212. The highest BCUT2D eigenvalue weighted by atomic mass is 16.7. The van der Waals surface area contributed by atoms with Crippen molar-refractivity contribution in [2.24, 2.45) is 5.92 Å². The summed E-state index contributed by atoms with van der Waals surface area (Å²) in [7, 11) is 0. The van der Waals surface area contributed by atoms with E-state index in [1.807, 2.05) is 6.92 Å². The molecule has 13 heavy (non-hydrogen) atoms. The van der Waals surface area contributed by atoms with Gasteiger partial charge in [0.25, 0.3) is 0 Å². The van der Waals surface area contributed by atoms with E-state index in [4.69, 9.17) is 9.47 Å². The standard InChI is InChI=1S/C9H14O4/c1-3-7-4-8(11)5-12-9(7)13-6(2)10/h7,9H,3-5H2,1-2H3. The number of carbonyl (C=O) groups excluding carboxylic acids is 2. The molecular formula is C9H14O4. The van der Waals surface area contributed by atoms with E-state index in [1.54, 1.807) is 0 Å².